The summed E-state index contributed by atoms with van der Waals surface area (Å²) in [4.78, 5) is 4.33. The van der Waals surface area contributed by atoms with Crippen molar-refractivity contribution in [3.05, 3.63) is 56.2 Å². The summed E-state index contributed by atoms with van der Waals surface area (Å²) in [6, 6.07) is 12.6. The molecule has 0 spiro atoms. The number of aromatic nitrogens is 1. The lowest BCUT2D eigenvalue weighted by atomic mass is 10.2. The number of rotatable bonds is 3. The third-order valence-electron chi connectivity index (χ3n) is 2.00. The van der Waals surface area contributed by atoms with Gasteiger partial charge in [-0.25, -0.2) is 4.98 Å². The zero-order chi connectivity index (χ0) is 11.4. The molecule has 0 saturated carbocycles. The topological polar surface area (TPSA) is 12.9 Å². The fourth-order valence-electron chi connectivity index (χ4n) is 1.19. The van der Waals surface area contributed by atoms with Crippen molar-refractivity contribution in [2.24, 2.45) is 0 Å². The molecule has 0 aliphatic rings. The van der Waals surface area contributed by atoms with Crippen molar-refractivity contribution in [1.82, 2.24) is 4.98 Å². The molecule has 4 heteroatoms. The maximum Gasteiger partial charge on any atom is 0.0963 e. The van der Waals surface area contributed by atoms with Gasteiger partial charge in [-0.05, 0) is 68.3 Å². The van der Waals surface area contributed by atoms with Crippen LogP contribution in [0.4, 0.5) is 0 Å². The second kappa shape index (κ2) is 6.02. The van der Waals surface area contributed by atoms with Gasteiger partial charge in [0.1, 0.15) is 0 Å². The van der Waals surface area contributed by atoms with E-state index in [1.165, 1.54) is 9.13 Å². The first-order chi connectivity index (χ1) is 7.74. The van der Waals surface area contributed by atoms with Crippen LogP contribution in [0.15, 0.2) is 52.1 Å². The lowest BCUT2D eigenvalue weighted by Crippen LogP contribution is -1.83. The molecule has 0 amide bonds. The first-order valence-electron chi connectivity index (χ1n) is 4.73. The summed E-state index contributed by atoms with van der Waals surface area (Å²) in [6.45, 7) is 0. The van der Waals surface area contributed by atoms with Crippen LogP contribution in [0.25, 0.3) is 0 Å². The molecule has 82 valence electrons. The third-order valence-corrected chi connectivity index (χ3v) is 4.20. The number of hydrogen-bond donors (Lipinski definition) is 0. The molecule has 0 aliphatic carbocycles. The summed E-state index contributed by atoms with van der Waals surface area (Å²) in [5.74, 6) is 0.964. The predicted molar refractivity (Wildman–Crippen MR) is 80.7 cm³/mol. The molecule has 1 aromatic carbocycles. The van der Waals surface area contributed by atoms with E-state index in [2.05, 4.69) is 67.8 Å². The Bertz CT molecular complexity index is 410. The molecule has 0 fully saturated rings. The molecule has 0 saturated heterocycles. The van der Waals surface area contributed by atoms with Crippen molar-refractivity contribution in [2.75, 3.05) is 0 Å². The Kier molecular flexibility index (Phi) is 4.66. The molecule has 2 rings (SSSR count). The van der Waals surface area contributed by atoms with Crippen molar-refractivity contribution in [3.8, 4) is 0 Å². The molecule has 0 N–H and O–H groups in total. The summed E-state index contributed by atoms with van der Waals surface area (Å²) in [5, 5.41) is 1.06. The minimum atomic E-state index is 0.964. The highest BCUT2D eigenvalue weighted by Gasteiger charge is 1.97. The minimum absolute atomic E-state index is 0.964. The maximum absolute atomic E-state index is 4.33. The number of halogens is 2. The van der Waals surface area contributed by atoms with Crippen LogP contribution >= 0.6 is 50.3 Å². The Hall–Kier alpha value is -0.0700. The van der Waals surface area contributed by atoms with Crippen LogP contribution in [0.5, 0.6) is 0 Å². The van der Waals surface area contributed by atoms with Gasteiger partial charge >= 0.3 is 0 Å². The molecule has 16 heavy (non-hydrogen) atoms. The normalized spacial score (nSPS) is 10.4. The molecule has 2 aromatic rings. The van der Waals surface area contributed by atoms with E-state index in [1.54, 1.807) is 11.8 Å². The second-order valence-electron chi connectivity index (χ2n) is 3.23. The first-order valence-corrected chi connectivity index (χ1v) is 7.58. The Morgan fingerprint density at radius 2 is 1.88 bits per heavy atom. The lowest BCUT2D eigenvalue weighted by molar-refractivity contribution is 1.12. The fourth-order valence-corrected chi connectivity index (χ4v) is 2.58. The Morgan fingerprint density at radius 3 is 2.50 bits per heavy atom. The molecular formula is C12H9BrINS. The average Bonchev–Trinajstić information content (AvgIpc) is 2.30. The van der Waals surface area contributed by atoms with E-state index in [4.69, 9.17) is 0 Å². The van der Waals surface area contributed by atoms with E-state index >= 15 is 0 Å². The fraction of sp³-hybridized carbons (Fsp3) is 0.0833. The molecule has 1 heterocycles. The Balaban J connectivity index is 1.97. The minimum Gasteiger partial charge on any atom is -0.249 e. The molecule has 1 aromatic heterocycles. The summed E-state index contributed by atoms with van der Waals surface area (Å²) in [6.07, 6.45) is 1.83. The summed E-state index contributed by atoms with van der Waals surface area (Å²) in [7, 11) is 0. The molecule has 1 nitrogen and oxygen atoms in total. The number of thioether (sulfide) groups is 1. The average molecular weight is 406 g/mol. The van der Waals surface area contributed by atoms with Crippen LogP contribution < -0.4 is 0 Å². The molecule has 0 radical (unpaired) electrons. The van der Waals surface area contributed by atoms with Crippen molar-refractivity contribution in [2.45, 2.75) is 10.8 Å². The van der Waals surface area contributed by atoms with E-state index in [1.807, 2.05) is 18.3 Å². The van der Waals surface area contributed by atoms with Crippen molar-refractivity contribution in [3.63, 3.8) is 0 Å². The Morgan fingerprint density at radius 1 is 1.12 bits per heavy atom. The first kappa shape index (κ1) is 12.4. The summed E-state index contributed by atoms with van der Waals surface area (Å²) >= 11 is 7.45. The van der Waals surface area contributed by atoms with E-state index in [0.29, 0.717) is 0 Å². The van der Waals surface area contributed by atoms with E-state index in [0.717, 1.165) is 15.3 Å². The van der Waals surface area contributed by atoms with Gasteiger partial charge in [-0.15, -0.1) is 11.8 Å². The number of pyridine rings is 1. The van der Waals surface area contributed by atoms with Gasteiger partial charge in [0.25, 0.3) is 0 Å². The highest BCUT2D eigenvalue weighted by molar-refractivity contribution is 14.1. The zero-order valence-electron chi connectivity index (χ0n) is 8.36. The highest BCUT2D eigenvalue weighted by Crippen LogP contribution is 2.22. The van der Waals surface area contributed by atoms with Gasteiger partial charge in [0.2, 0.25) is 0 Å². The van der Waals surface area contributed by atoms with Gasteiger partial charge in [-0.3, -0.25) is 0 Å². The highest BCUT2D eigenvalue weighted by atomic mass is 127. The monoisotopic (exact) mass is 405 g/mol. The molecular weight excluding hydrogens is 397 g/mol. The number of nitrogens with zero attached hydrogens (tertiary/aromatic N) is 1. The van der Waals surface area contributed by atoms with Crippen molar-refractivity contribution >= 4 is 50.3 Å². The third kappa shape index (κ3) is 3.75. The second-order valence-corrected chi connectivity index (χ2v) is 6.39. The van der Waals surface area contributed by atoms with Crippen LogP contribution in [0, 0.1) is 3.57 Å². The van der Waals surface area contributed by atoms with Crippen molar-refractivity contribution < 1.29 is 0 Å². The van der Waals surface area contributed by atoms with E-state index < -0.39 is 0 Å². The maximum atomic E-state index is 4.33. The summed E-state index contributed by atoms with van der Waals surface area (Å²) in [5.41, 5.74) is 1.33. The van der Waals surface area contributed by atoms with Gasteiger partial charge in [0.05, 0.1) is 5.03 Å². The molecule has 0 atom stereocenters. The van der Waals surface area contributed by atoms with Crippen LogP contribution in [0.3, 0.4) is 0 Å². The molecule has 0 bridgehead atoms. The van der Waals surface area contributed by atoms with Gasteiger partial charge < -0.3 is 0 Å². The van der Waals surface area contributed by atoms with Gasteiger partial charge in [0.15, 0.2) is 0 Å². The Labute approximate surface area is 121 Å². The van der Waals surface area contributed by atoms with E-state index in [-0.39, 0.29) is 0 Å². The van der Waals surface area contributed by atoms with Gasteiger partial charge in [-0.1, -0.05) is 12.1 Å². The van der Waals surface area contributed by atoms with Crippen LogP contribution in [0.2, 0.25) is 0 Å². The lowest BCUT2D eigenvalue weighted by Gasteiger charge is -2.01. The number of benzene rings is 1. The van der Waals surface area contributed by atoms with Crippen LogP contribution in [-0.4, -0.2) is 4.98 Å². The van der Waals surface area contributed by atoms with Crippen LogP contribution in [0.1, 0.15) is 5.56 Å². The largest absolute Gasteiger partial charge is 0.249 e. The molecule has 0 unspecified atom stereocenters. The van der Waals surface area contributed by atoms with Gasteiger partial charge in [0, 0.05) is 20.0 Å². The zero-order valence-corrected chi connectivity index (χ0v) is 12.9. The predicted octanol–water partition coefficient (Wildman–Crippen LogP) is 4.74. The smallest absolute Gasteiger partial charge is 0.0963 e. The van der Waals surface area contributed by atoms with Crippen LogP contribution in [-0.2, 0) is 5.75 Å². The van der Waals surface area contributed by atoms with E-state index in [9.17, 15) is 0 Å². The quantitative estimate of drug-likeness (QED) is 0.540. The van der Waals surface area contributed by atoms with Gasteiger partial charge in [-0.2, -0.15) is 0 Å². The summed E-state index contributed by atoms with van der Waals surface area (Å²) < 4.78 is 2.29. The number of hydrogen-bond acceptors (Lipinski definition) is 2. The molecule has 0 aliphatic heterocycles. The standard InChI is InChI=1S/C12H9BrINS/c13-10-3-6-12(15-7-10)16-8-9-1-4-11(14)5-2-9/h1-7H,8H2. The SMILES string of the molecule is Brc1ccc(SCc2ccc(I)cc2)nc1. The van der Waals surface area contributed by atoms with Crippen molar-refractivity contribution in [1.29, 1.82) is 0 Å².